The summed E-state index contributed by atoms with van der Waals surface area (Å²) in [6.07, 6.45) is -2.46. The Labute approximate surface area is 248 Å². The van der Waals surface area contributed by atoms with Crippen LogP contribution in [0.1, 0.15) is 32.8 Å². The van der Waals surface area contributed by atoms with Crippen molar-refractivity contribution >= 4 is 88.8 Å². The van der Waals surface area contributed by atoms with Crippen molar-refractivity contribution in [1.29, 1.82) is 0 Å². The molecule has 1 aliphatic rings. The number of nitrogens with zero attached hydrogens (tertiary/aromatic N) is 2. The minimum Gasteiger partial charge on any atom is -0.467 e. The molecule has 0 saturated carbocycles. The number of carbonyl (C=O) groups is 3. The van der Waals surface area contributed by atoms with Gasteiger partial charge in [-0.1, -0.05) is 0 Å². The maximum Gasteiger partial charge on any atom is 0.407 e. The van der Waals surface area contributed by atoms with E-state index in [0.717, 1.165) is 10.0 Å². The molecule has 1 aromatic rings. The molecule has 1 atom stereocenters. The van der Waals surface area contributed by atoms with Gasteiger partial charge >= 0.3 is 17.8 Å². The van der Waals surface area contributed by atoms with Gasteiger partial charge in [0.1, 0.15) is 24.8 Å². The molecule has 0 spiro atoms. The summed E-state index contributed by atoms with van der Waals surface area (Å²) >= 11 is 0. The van der Waals surface area contributed by atoms with Gasteiger partial charge in [-0.3, -0.25) is 19.1 Å². The summed E-state index contributed by atoms with van der Waals surface area (Å²) in [5, 5.41) is 2.55. The lowest BCUT2D eigenvalue weighted by Crippen LogP contribution is -2.64. The average Bonchev–Trinajstić information content (AvgIpc) is 3.60. The van der Waals surface area contributed by atoms with E-state index in [1.165, 1.54) is 25.1 Å². The van der Waals surface area contributed by atoms with Crippen molar-refractivity contribution in [3.63, 3.8) is 0 Å². The molecule has 1 aliphatic heterocycles. The highest BCUT2D eigenvalue weighted by Crippen LogP contribution is 2.29. The maximum absolute atomic E-state index is 13.6. The van der Waals surface area contributed by atoms with E-state index in [0.29, 0.717) is 0 Å². The molecular weight excluding hydrogens is 516 g/mol. The number of carbonyl (C=O) groups excluding carboxylic acids is 3. The minimum absolute atomic E-state index is 0.0326. The lowest BCUT2D eigenvalue weighted by atomic mass is 8.57. The molecule has 11 nitrogen and oxygen atoms in total. The number of rotatable bonds is 13. The van der Waals surface area contributed by atoms with E-state index in [1.807, 2.05) is 5.98 Å². The van der Waals surface area contributed by atoms with Gasteiger partial charge in [0, 0.05) is 89.1 Å². The number of amides is 2. The molecule has 2 heterocycles. The Hall–Kier alpha value is -2.72. The molecule has 2 N–H and O–H groups in total. The second-order valence-electron chi connectivity index (χ2n) is 11.0. The van der Waals surface area contributed by atoms with Gasteiger partial charge in [0.25, 0.3) is 5.56 Å². The lowest BCUT2D eigenvalue weighted by molar-refractivity contribution is -0.153. The van der Waals surface area contributed by atoms with Gasteiger partial charge in [0.05, 0.1) is 7.11 Å². The number of aryl methyl sites for hydroxylation is 1. The van der Waals surface area contributed by atoms with E-state index in [9.17, 15) is 24.0 Å². The smallest absolute Gasteiger partial charge is 0.407 e. The minimum atomic E-state index is -1.15. The van der Waals surface area contributed by atoms with E-state index in [1.54, 1.807) is 20.8 Å². The van der Waals surface area contributed by atoms with Crippen LogP contribution >= 0.6 is 0 Å². The second kappa shape index (κ2) is 14.4. The first kappa shape index (κ1) is 34.5. The van der Waals surface area contributed by atoms with Crippen molar-refractivity contribution in [2.24, 2.45) is 0 Å². The molecule has 10 radical (unpaired) electrons. The Kier molecular flexibility index (Phi) is 12.1. The Morgan fingerprint density at radius 1 is 1.15 bits per heavy atom. The molecule has 21 heteroatoms. The zero-order valence-corrected chi connectivity index (χ0v) is 24.1. The third-order valence-corrected chi connectivity index (χ3v) is 6.58. The molecule has 0 aliphatic carbocycles. The van der Waals surface area contributed by atoms with E-state index in [-0.39, 0.29) is 31.7 Å². The molecule has 41 heavy (non-hydrogen) atoms. The fourth-order valence-electron chi connectivity index (χ4n) is 4.44. The first-order chi connectivity index (χ1) is 19.0. The lowest BCUT2D eigenvalue weighted by Gasteiger charge is -2.31. The average molecular weight is 545 g/mol. The van der Waals surface area contributed by atoms with Gasteiger partial charge in [-0.2, -0.15) is 0 Å². The molecule has 1 unspecified atom stereocenters. The van der Waals surface area contributed by atoms with Crippen LogP contribution in [-0.2, 0) is 25.6 Å². The van der Waals surface area contributed by atoms with Gasteiger partial charge in [-0.25, -0.2) is 14.4 Å². The second-order valence-corrected chi connectivity index (χ2v) is 11.0. The maximum atomic E-state index is 13.6. The molecule has 0 aromatic carbocycles. The summed E-state index contributed by atoms with van der Waals surface area (Å²) in [7, 11) is 30.7. The van der Waals surface area contributed by atoms with Crippen LogP contribution in [0, 0.1) is 6.92 Å². The summed E-state index contributed by atoms with van der Waals surface area (Å²) in [5.74, 6) is 0.429. The number of aromatic nitrogens is 2. The van der Waals surface area contributed by atoms with E-state index >= 15 is 0 Å². The molecule has 0 fully saturated rings. The van der Waals surface area contributed by atoms with Crippen LogP contribution in [0.25, 0.3) is 0 Å². The summed E-state index contributed by atoms with van der Waals surface area (Å²) < 4.78 is 11.3. The fourth-order valence-corrected chi connectivity index (χ4v) is 4.44. The summed E-state index contributed by atoms with van der Waals surface area (Å²) in [4.78, 5) is 66.2. The van der Waals surface area contributed by atoms with Crippen molar-refractivity contribution in [2.75, 3.05) is 20.2 Å². The molecule has 0 saturated heterocycles. The monoisotopic (exact) mass is 546 g/mol. The van der Waals surface area contributed by atoms with Crippen LogP contribution < -0.4 is 16.6 Å². The Morgan fingerprint density at radius 3 is 2.32 bits per heavy atom. The number of H-pyrrole nitrogens is 1. The first-order valence-corrected chi connectivity index (χ1v) is 13.1. The summed E-state index contributed by atoms with van der Waals surface area (Å²) in [6.45, 7) is 5.54. The van der Waals surface area contributed by atoms with Gasteiger partial charge in [-0.15, -0.1) is 11.4 Å². The Bertz CT molecular complexity index is 1270. The SMILES string of the molecule is [B]B([B])B([B])B(B([B])[B])B1C=C1CC(C(=O)OC)N(CCNC(=O)OC(C)(C)C)C(=O)Cn1cc(C)c(=O)[nH]c1=O. The first-order valence-electron chi connectivity index (χ1n) is 13.1. The normalized spacial score (nSPS) is 12.9. The van der Waals surface area contributed by atoms with Crippen LogP contribution in [0.15, 0.2) is 27.2 Å². The van der Waals surface area contributed by atoms with Gasteiger partial charge in [-0.05, 0) is 34.1 Å². The molecule has 0 bridgehead atoms. The number of methoxy groups -OCH3 is 1. The Morgan fingerprint density at radius 2 is 1.78 bits per heavy atom. The van der Waals surface area contributed by atoms with Gasteiger partial charge in [0.2, 0.25) is 5.91 Å². The molecule has 2 rings (SSSR count). The van der Waals surface area contributed by atoms with Crippen LogP contribution in [0.2, 0.25) is 0 Å². The standard InChI is InChI=1S/C20H28B10N4O7/c1-12-10-33(18(38)32-16(12)36)11-15(35)34(7-6-31-19(39)41-20(2,3)4)14(17(37)40-5)8-13-9-26(13)30(28(23)24)29(25)27(21)22/h9-10,14H,6-8,11H2,1-5H3,(H,31,39)(H,32,36,38). The number of alkyl carbamates (subject to hydrolysis) is 1. The van der Waals surface area contributed by atoms with Crippen LogP contribution in [0.4, 0.5) is 4.79 Å². The topological polar surface area (TPSA) is 140 Å². The molecule has 2 amide bonds. The van der Waals surface area contributed by atoms with Gasteiger partial charge < -0.3 is 19.7 Å². The van der Waals surface area contributed by atoms with Crippen molar-refractivity contribution in [3.05, 3.63) is 44.0 Å². The number of hydrogen-bond donors (Lipinski definition) is 2. The predicted octanol–water partition coefficient (Wildman–Crippen LogP) is -3.74. The number of aromatic amines is 1. The van der Waals surface area contributed by atoms with Crippen LogP contribution in [0.3, 0.4) is 0 Å². The zero-order valence-electron chi connectivity index (χ0n) is 24.1. The summed E-state index contributed by atoms with van der Waals surface area (Å²) in [5.41, 5.74) is -1.19. The highest BCUT2D eigenvalue weighted by molar-refractivity contribution is 8.01. The van der Waals surface area contributed by atoms with Crippen molar-refractivity contribution < 1.29 is 23.9 Å². The largest absolute Gasteiger partial charge is 0.467 e. The van der Waals surface area contributed by atoms with E-state index in [2.05, 4.69) is 10.3 Å². The van der Waals surface area contributed by atoms with E-state index in [4.69, 9.17) is 48.2 Å². The van der Waals surface area contributed by atoms with Crippen molar-refractivity contribution in [3.8, 4) is 0 Å². The molecule has 1 aromatic heterocycles. The van der Waals surface area contributed by atoms with Crippen LogP contribution in [0.5, 0.6) is 0 Å². The van der Waals surface area contributed by atoms with Gasteiger partial charge in [0.15, 0.2) is 0 Å². The van der Waals surface area contributed by atoms with Crippen molar-refractivity contribution in [2.45, 2.75) is 52.3 Å². The number of esters is 1. The third-order valence-electron chi connectivity index (χ3n) is 6.58. The third kappa shape index (κ3) is 9.95. The summed E-state index contributed by atoms with van der Waals surface area (Å²) in [6, 6.07) is -1.15. The van der Waals surface area contributed by atoms with Crippen LogP contribution in [-0.4, -0.2) is 135 Å². The number of nitrogens with one attached hydrogen (secondary N) is 2. The Balaban J connectivity index is 2.33. The zero-order chi connectivity index (χ0) is 31.2. The molecular formula is C20H28B10N4O7. The molecule has 200 valence electrons. The highest BCUT2D eigenvalue weighted by atomic mass is 16.6. The predicted molar refractivity (Wildman–Crippen MR) is 168 cm³/mol. The number of hydrogen-bond acceptors (Lipinski definition) is 7. The highest BCUT2D eigenvalue weighted by Gasteiger charge is 2.45. The van der Waals surface area contributed by atoms with E-state index < -0.39 is 72.9 Å². The van der Waals surface area contributed by atoms with Crippen molar-refractivity contribution in [1.82, 2.24) is 19.8 Å². The quantitative estimate of drug-likeness (QED) is 0.192. The fraction of sp³-hybridized carbons (Fsp3) is 0.550. The number of ether oxygens (including phenoxy) is 2.